The van der Waals surface area contributed by atoms with Gasteiger partial charge in [0, 0.05) is 17.5 Å². The van der Waals surface area contributed by atoms with E-state index in [0.717, 1.165) is 17.0 Å². The van der Waals surface area contributed by atoms with Crippen molar-refractivity contribution < 1.29 is 13.9 Å². The molecule has 0 spiro atoms. The molecule has 2 aromatic heterocycles. The van der Waals surface area contributed by atoms with Crippen LogP contribution >= 0.6 is 11.8 Å². The van der Waals surface area contributed by atoms with Gasteiger partial charge >= 0.3 is 0 Å². The molecule has 0 saturated carbocycles. The normalized spacial score (nSPS) is 12.5. The van der Waals surface area contributed by atoms with E-state index in [0.29, 0.717) is 22.6 Å². The Labute approximate surface area is 130 Å². The van der Waals surface area contributed by atoms with Crippen LogP contribution in [0.3, 0.4) is 0 Å². The van der Waals surface area contributed by atoms with Crippen molar-refractivity contribution in [2.24, 2.45) is 0 Å². The monoisotopic (exact) mass is 313 g/mol. The number of ether oxygens (including phenoxy) is 2. The molecule has 0 fully saturated rings. The van der Waals surface area contributed by atoms with E-state index in [-0.39, 0.29) is 6.79 Å². The average molecular weight is 313 g/mol. The molecule has 110 valence electrons. The highest BCUT2D eigenvalue weighted by Crippen LogP contribution is 2.36. The summed E-state index contributed by atoms with van der Waals surface area (Å²) < 4.78 is 16.3. The van der Waals surface area contributed by atoms with Crippen molar-refractivity contribution in [2.45, 2.75) is 11.0 Å². The molecule has 1 aliphatic heterocycles. The molecule has 22 heavy (non-hydrogen) atoms. The molecule has 0 atom stereocenters. The van der Waals surface area contributed by atoms with Crippen molar-refractivity contribution in [2.75, 3.05) is 6.79 Å². The van der Waals surface area contributed by atoms with Crippen LogP contribution in [0.2, 0.25) is 0 Å². The second kappa shape index (κ2) is 5.69. The Kier molecular flexibility index (Phi) is 3.40. The molecule has 0 bridgehead atoms. The Bertz CT molecular complexity index is 792. The number of thioether (sulfide) groups is 1. The Hall–Kier alpha value is -2.54. The van der Waals surface area contributed by atoms with Gasteiger partial charge in [0.25, 0.3) is 5.22 Å². The van der Waals surface area contributed by atoms with E-state index in [9.17, 15) is 0 Å². The summed E-state index contributed by atoms with van der Waals surface area (Å²) in [6, 6.07) is 11.3. The fourth-order valence-corrected chi connectivity index (χ4v) is 2.71. The molecule has 0 radical (unpaired) electrons. The zero-order chi connectivity index (χ0) is 14.8. The standard InChI is InChI=1S/C15H11N3O3S/c1-2-6-16-11(3-1)8-22-15-18-17-14(21-15)10-4-5-12-13(7-10)20-9-19-12/h1-7H,8-9H2. The SMILES string of the molecule is c1ccc(CSc2nnc(-c3ccc4c(c3)OCO4)o2)nc1. The van der Waals surface area contributed by atoms with Crippen LogP contribution in [0.15, 0.2) is 52.2 Å². The van der Waals surface area contributed by atoms with Crippen molar-refractivity contribution >= 4 is 11.8 Å². The molecule has 3 heterocycles. The predicted octanol–water partition coefficient (Wildman–Crippen LogP) is 3.15. The van der Waals surface area contributed by atoms with Crippen LogP contribution in [0.25, 0.3) is 11.5 Å². The van der Waals surface area contributed by atoms with Crippen LogP contribution in [0.5, 0.6) is 11.5 Å². The number of fused-ring (bicyclic) bond motifs is 1. The largest absolute Gasteiger partial charge is 0.454 e. The minimum atomic E-state index is 0.244. The minimum absolute atomic E-state index is 0.244. The van der Waals surface area contributed by atoms with E-state index in [1.165, 1.54) is 11.8 Å². The third-order valence-corrected chi connectivity index (χ3v) is 3.95. The number of hydrogen-bond donors (Lipinski definition) is 0. The van der Waals surface area contributed by atoms with Gasteiger partial charge in [0.05, 0.1) is 5.69 Å². The number of hydrogen-bond acceptors (Lipinski definition) is 7. The first kappa shape index (κ1) is 13.1. The van der Waals surface area contributed by atoms with Gasteiger partial charge in [-0.3, -0.25) is 4.98 Å². The lowest BCUT2D eigenvalue weighted by Gasteiger charge is -1.98. The summed E-state index contributed by atoms with van der Waals surface area (Å²) in [6.45, 7) is 0.244. The number of aromatic nitrogens is 3. The van der Waals surface area contributed by atoms with Crippen molar-refractivity contribution in [3.8, 4) is 23.0 Å². The summed E-state index contributed by atoms with van der Waals surface area (Å²) in [6.07, 6.45) is 1.77. The fraction of sp³-hybridized carbons (Fsp3) is 0.133. The smallest absolute Gasteiger partial charge is 0.277 e. The zero-order valence-corrected chi connectivity index (χ0v) is 12.2. The maximum absolute atomic E-state index is 5.67. The first-order valence-corrected chi connectivity index (χ1v) is 7.63. The van der Waals surface area contributed by atoms with Gasteiger partial charge in [-0.25, -0.2) is 0 Å². The lowest BCUT2D eigenvalue weighted by atomic mass is 10.2. The summed E-state index contributed by atoms with van der Waals surface area (Å²) in [4.78, 5) is 4.26. The summed E-state index contributed by atoms with van der Waals surface area (Å²) in [7, 11) is 0. The maximum Gasteiger partial charge on any atom is 0.277 e. The fourth-order valence-electron chi connectivity index (χ4n) is 2.03. The van der Waals surface area contributed by atoms with Gasteiger partial charge in [0.2, 0.25) is 12.7 Å². The average Bonchev–Trinajstić information content (AvgIpc) is 3.22. The second-order valence-electron chi connectivity index (χ2n) is 4.55. The van der Waals surface area contributed by atoms with Gasteiger partial charge in [0.1, 0.15) is 0 Å². The molecule has 3 aromatic rings. The molecule has 0 aliphatic carbocycles. The van der Waals surface area contributed by atoms with Gasteiger partial charge in [-0.15, -0.1) is 10.2 Å². The van der Waals surface area contributed by atoms with Gasteiger partial charge in [0.15, 0.2) is 11.5 Å². The summed E-state index contributed by atoms with van der Waals surface area (Å²) in [5.74, 6) is 2.57. The van der Waals surface area contributed by atoms with Crippen LogP contribution in [-0.2, 0) is 5.75 Å². The van der Waals surface area contributed by atoms with Crippen LogP contribution in [-0.4, -0.2) is 22.0 Å². The van der Waals surface area contributed by atoms with Gasteiger partial charge in [-0.1, -0.05) is 17.8 Å². The topological polar surface area (TPSA) is 70.3 Å². The highest BCUT2D eigenvalue weighted by atomic mass is 32.2. The minimum Gasteiger partial charge on any atom is -0.454 e. The highest BCUT2D eigenvalue weighted by Gasteiger charge is 2.16. The molecule has 0 unspecified atom stereocenters. The van der Waals surface area contributed by atoms with Gasteiger partial charge < -0.3 is 13.9 Å². The van der Waals surface area contributed by atoms with Crippen LogP contribution in [0, 0.1) is 0 Å². The van der Waals surface area contributed by atoms with Crippen molar-refractivity contribution in [1.29, 1.82) is 0 Å². The maximum atomic E-state index is 5.67. The summed E-state index contributed by atoms with van der Waals surface area (Å²) in [5.41, 5.74) is 1.77. The van der Waals surface area contributed by atoms with Gasteiger partial charge in [-0.05, 0) is 30.3 Å². The summed E-state index contributed by atoms with van der Waals surface area (Å²) in [5, 5.41) is 8.63. The molecule has 4 rings (SSSR count). The molecule has 7 heteroatoms. The third kappa shape index (κ3) is 2.62. The molecule has 0 N–H and O–H groups in total. The van der Waals surface area contributed by atoms with E-state index >= 15 is 0 Å². The van der Waals surface area contributed by atoms with Crippen LogP contribution < -0.4 is 9.47 Å². The Balaban J connectivity index is 1.49. The lowest BCUT2D eigenvalue weighted by molar-refractivity contribution is 0.174. The Morgan fingerprint density at radius 3 is 2.91 bits per heavy atom. The van der Waals surface area contributed by atoms with E-state index in [1.807, 2.05) is 36.4 Å². The Morgan fingerprint density at radius 2 is 2.00 bits per heavy atom. The number of pyridine rings is 1. The molecule has 0 saturated heterocycles. The molecule has 0 amide bonds. The van der Waals surface area contributed by atoms with E-state index < -0.39 is 0 Å². The first-order valence-electron chi connectivity index (χ1n) is 6.65. The molecule has 1 aliphatic rings. The van der Waals surface area contributed by atoms with E-state index in [1.54, 1.807) is 6.20 Å². The van der Waals surface area contributed by atoms with Crippen molar-refractivity contribution in [3.05, 3.63) is 48.3 Å². The number of rotatable bonds is 4. The highest BCUT2D eigenvalue weighted by molar-refractivity contribution is 7.98. The van der Waals surface area contributed by atoms with E-state index in [2.05, 4.69) is 15.2 Å². The predicted molar refractivity (Wildman–Crippen MR) is 79.7 cm³/mol. The second-order valence-corrected chi connectivity index (χ2v) is 5.48. The number of benzene rings is 1. The Morgan fingerprint density at radius 1 is 1.05 bits per heavy atom. The van der Waals surface area contributed by atoms with Crippen molar-refractivity contribution in [3.63, 3.8) is 0 Å². The number of nitrogens with zero attached hydrogens (tertiary/aromatic N) is 3. The quantitative estimate of drug-likeness (QED) is 0.685. The van der Waals surface area contributed by atoms with Crippen LogP contribution in [0.4, 0.5) is 0 Å². The third-order valence-electron chi connectivity index (χ3n) is 3.10. The van der Waals surface area contributed by atoms with Crippen molar-refractivity contribution in [1.82, 2.24) is 15.2 Å². The summed E-state index contributed by atoms with van der Waals surface area (Å²) >= 11 is 1.46. The van der Waals surface area contributed by atoms with E-state index in [4.69, 9.17) is 13.9 Å². The molecule has 1 aromatic carbocycles. The van der Waals surface area contributed by atoms with Gasteiger partial charge in [-0.2, -0.15) is 0 Å². The molecule has 6 nitrogen and oxygen atoms in total. The zero-order valence-electron chi connectivity index (χ0n) is 11.4. The molecular formula is C15H11N3O3S. The van der Waals surface area contributed by atoms with Crippen LogP contribution in [0.1, 0.15) is 5.69 Å². The molecular weight excluding hydrogens is 302 g/mol. The lowest BCUT2D eigenvalue weighted by Crippen LogP contribution is -1.92. The first-order chi connectivity index (χ1) is 10.9.